The number of amides is 3. The number of aromatic nitrogens is 2. The maximum absolute atomic E-state index is 13.8. The number of piperazine rings is 1. The average molecular weight is 595 g/mol. The van der Waals surface area contributed by atoms with Gasteiger partial charge < -0.3 is 24.8 Å². The van der Waals surface area contributed by atoms with Crippen molar-refractivity contribution in [1.29, 1.82) is 5.26 Å². The van der Waals surface area contributed by atoms with E-state index in [0.717, 1.165) is 48.4 Å². The molecule has 3 aromatic rings. The lowest BCUT2D eigenvalue weighted by atomic mass is 10.0. The van der Waals surface area contributed by atoms with Crippen LogP contribution in [0, 0.1) is 11.3 Å². The average Bonchev–Trinajstić information content (AvgIpc) is 3.48. The van der Waals surface area contributed by atoms with Crippen LogP contribution in [0.4, 0.5) is 16.2 Å². The fourth-order valence-corrected chi connectivity index (χ4v) is 6.49. The Bertz CT molecular complexity index is 1600. The third-order valence-electron chi connectivity index (χ3n) is 8.70. The second kappa shape index (κ2) is 12.5. The minimum atomic E-state index is -0.215. The Balaban J connectivity index is 1.28. The van der Waals surface area contributed by atoms with E-state index in [1.807, 2.05) is 55.3 Å². The molecule has 228 valence electrons. The van der Waals surface area contributed by atoms with Crippen LogP contribution in [0.1, 0.15) is 41.9 Å². The monoisotopic (exact) mass is 594 g/mol. The van der Waals surface area contributed by atoms with E-state index in [-0.39, 0.29) is 24.0 Å². The van der Waals surface area contributed by atoms with Gasteiger partial charge >= 0.3 is 6.03 Å². The summed E-state index contributed by atoms with van der Waals surface area (Å²) in [5, 5.41) is 12.8. The van der Waals surface area contributed by atoms with Crippen molar-refractivity contribution in [3.8, 4) is 23.2 Å². The highest BCUT2D eigenvalue weighted by Gasteiger charge is 2.36. The molecule has 0 unspecified atom stereocenters. The number of nitrogens with zero attached hydrogens (tertiary/aromatic N) is 7. The molecular weight excluding hydrogens is 556 g/mol. The Morgan fingerprint density at radius 3 is 2.66 bits per heavy atom. The number of anilines is 2. The van der Waals surface area contributed by atoms with E-state index in [9.17, 15) is 14.9 Å². The first kappa shape index (κ1) is 29.4. The molecule has 0 radical (unpaired) electrons. The predicted molar refractivity (Wildman–Crippen MR) is 168 cm³/mol. The number of likely N-dealkylation sites (tertiary alicyclic amines) is 1. The van der Waals surface area contributed by atoms with E-state index >= 15 is 0 Å². The number of hydrogen-bond acceptors (Lipinski definition) is 8. The lowest BCUT2D eigenvalue weighted by Gasteiger charge is -2.44. The molecule has 1 N–H and O–H groups in total. The van der Waals surface area contributed by atoms with Gasteiger partial charge in [0.2, 0.25) is 5.88 Å². The van der Waals surface area contributed by atoms with Crippen LogP contribution in [0.15, 0.2) is 48.7 Å². The number of carbonyl (C=O) groups excluding carboxylic acids is 2. The highest BCUT2D eigenvalue weighted by molar-refractivity contribution is 5.99. The molecule has 3 aliphatic rings. The number of benzene rings is 1. The quantitative estimate of drug-likeness (QED) is 0.442. The Morgan fingerprint density at radius 2 is 1.91 bits per heavy atom. The molecule has 0 aliphatic carbocycles. The van der Waals surface area contributed by atoms with Gasteiger partial charge in [-0.15, -0.1) is 0 Å². The second-order valence-electron chi connectivity index (χ2n) is 11.6. The largest absolute Gasteiger partial charge is 0.477 e. The standard InChI is InChI=1S/C33H38N8O3/c1-4-25-21-39(33(43)41-15-13-22-8-6-9-23(18-34)30(22)41)16-17-40(25)28-12-11-27(26-10-7-14-35-32(26)44-5-2)37-29(28)31(42)36-24-19-38(3)20-24/h6-12,14,24-25H,4-5,13,15-17,19-21H2,1-3H3,(H,36,42)/t25-/m1/s1. The Hall–Kier alpha value is -4.69. The molecule has 1 atom stereocenters. The first-order valence-electron chi connectivity index (χ1n) is 15.4. The molecule has 11 heteroatoms. The third kappa shape index (κ3) is 5.53. The van der Waals surface area contributed by atoms with Gasteiger partial charge in [-0.3, -0.25) is 9.69 Å². The molecule has 3 amide bonds. The zero-order valence-electron chi connectivity index (χ0n) is 25.5. The van der Waals surface area contributed by atoms with Crippen molar-refractivity contribution in [2.24, 2.45) is 0 Å². The van der Waals surface area contributed by atoms with Crippen LogP contribution in [0.25, 0.3) is 11.3 Å². The van der Waals surface area contributed by atoms with Gasteiger partial charge in [0, 0.05) is 51.5 Å². The Kier molecular flexibility index (Phi) is 8.35. The number of ether oxygens (including phenoxy) is 1. The molecule has 44 heavy (non-hydrogen) atoms. The van der Waals surface area contributed by atoms with E-state index in [1.54, 1.807) is 17.2 Å². The van der Waals surface area contributed by atoms with Crippen molar-refractivity contribution in [3.63, 3.8) is 0 Å². The van der Waals surface area contributed by atoms with Gasteiger partial charge in [0.15, 0.2) is 5.69 Å². The van der Waals surface area contributed by atoms with Gasteiger partial charge in [0.05, 0.1) is 40.8 Å². The van der Waals surface area contributed by atoms with Crippen molar-refractivity contribution in [2.45, 2.75) is 38.8 Å². The first-order chi connectivity index (χ1) is 21.4. The molecule has 2 fully saturated rings. The van der Waals surface area contributed by atoms with Crippen LogP contribution in [-0.4, -0.2) is 96.7 Å². The second-order valence-corrected chi connectivity index (χ2v) is 11.6. The molecule has 0 bridgehead atoms. The SMILES string of the molecule is CCOc1ncccc1-c1ccc(N2CCN(C(=O)N3CCc4cccc(C#N)c43)C[C@H]2CC)c(C(=O)NC2CN(C)C2)n1. The van der Waals surface area contributed by atoms with Crippen LogP contribution in [0.5, 0.6) is 5.88 Å². The summed E-state index contributed by atoms with van der Waals surface area (Å²) < 4.78 is 5.76. The number of urea groups is 1. The molecule has 0 spiro atoms. The Labute approximate surface area is 258 Å². The number of nitriles is 1. The normalized spacial score (nSPS) is 18.4. The fraction of sp³-hybridized carbons (Fsp3) is 0.424. The Morgan fingerprint density at radius 1 is 1.07 bits per heavy atom. The fourth-order valence-electron chi connectivity index (χ4n) is 6.49. The van der Waals surface area contributed by atoms with Crippen LogP contribution in [0.2, 0.25) is 0 Å². The summed E-state index contributed by atoms with van der Waals surface area (Å²) in [6.45, 7) is 8.17. The number of fused-ring (bicyclic) bond motifs is 1. The van der Waals surface area contributed by atoms with Crippen molar-refractivity contribution >= 4 is 23.3 Å². The molecule has 2 saturated heterocycles. The van der Waals surface area contributed by atoms with Gasteiger partial charge in [0.1, 0.15) is 6.07 Å². The molecule has 2 aromatic heterocycles. The summed E-state index contributed by atoms with van der Waals surface area (Å²) in [5.74, 6) is 0.261. The highest BCUT2D eigenvalue weighted by Crippen LogP contribution is 2.35. The summed E-state index contributed by atoms with van der Waals surface area (Å²) in [6, 6.07) is 15.5. The molecule has 11 nitrogen and oxygen atoms in total. The number of carbonyl (C=O) groups is 2. The zero-order chi connectivity index (χ0) is 30.8. The lowest BCUT2D eigenvalue weighted by molar-refractivity contribution is 0.0853. The first-order valence-corrected chi connectivity index (χ1v) is 15.4. The summed E-state index contributed by atoms with van der Waals surface area (Å²) in [4.78, 5) is 44.9. The maximum atomic E-state index is 13.8. The maximum Gasteiger partial charge on any atom is 0.324 e. The van der Waals surface area contributed by atoms with Crippen molar-refractivity contribution in [2.75, 3.05) is 62.7 Å². The number of hydrogen-bond donors (Lipinski definition) is 1. The van der Waals surface area contributed by atoms with Gasteiger partial charge in [-0.2, -0.15) is 5.26 Å². The van der Waals surface area contributed by atoms with Gasteiger partial charge in [-0.1, -0.05) is 19.1 Å². The summed E-state index contributed by atoms with van der Waals surface area (Å²) in [6.07, 6.45) is 3.19. The van der Waals surface area contributed by atoms with Crippen molar-refractivity contribution < 1.29 is 14.3 Å². The summed E-state index contributed by atoms with van der Waals surface area (Å²) in [5.41, 5.74) is 4.74. The number of nitrogens with one attached hydrogen (secondary N) is 1. The van der Waals surface area contributed by atoms with E-state index in [0.29, 0.717) is 55.6 Å². The van der Waals surface area contributed by atoms with Crippen LogP contribution in [0.3, 0.4) is 0 Å². The number of rotatable bonds is 7. The topological polar surface area (TPSA) is 118 Å². The molecule has 3 aliphatic heterocycles. The third-order valence-corrected chi connectivity index (χ3v) is 8.70. The lowest BCUT2D eigenvalue weighted by Crippen LogP contribution is -2.59. The van der Waals surface area contributed by atoms with Crippen LogP contribution < -0.4 is 19.9 Å². The predicted octanol–water partition coefficient (Wildman–Crippen LogP) is 3.54. The van der Waals surface area contributed by atoms with Gasteiger partial charge in [0.25, 0.3) is 5.91 Å². The zero-order valence-corrected chi connectivity index (χ0v) is 25.5. The minimum absolute atomic E-state index is 0.0209. The molecule has 6 rings (SSSR count). The van der Waals surface area contributed by atoms with E-state index in [4.69, 9.17) is 9.72 Å². The van der Waals surface area contributed by atoms with Crippen LogP contribution in [-0.2, 0) is 6.42 Å². The highest BCUT2D eigenvalue weighted by atomic mass is 16.5. The van der Waals surface area contributed by atoms with Crippen molar-refractivity contribution in [3.05, 3.63) is 65.5 Å². The van der Waals surface area contributed by atoms with E-state index < -0.39 is 0 Å². The number of para-hydroxylation sites is 1. The minimum Gasteiger partial charge on any atom is -0.477 e. The summed E-state index contributed by atoms with van der Waals surface area (Å²) >= 11 is 0. The molecule has 1 aromatic carbocycles. The smallest absolute Gasteiger partial charge is 0.324 e. The number of pyridine rings is 2. The molecular formula is C33H38N8O3. The molecule has 0 saturated carbocycles. The van der Waals surface area contributed by atoms with E-state index in [2.05, 4.69) is 33.1 Å². The van der Waals surface area contributed by atoms with Gasteiger partial charge in [-0.05, 0) is 62.7 Å². The number of likely N-dealkylation sites (N-methyl/N-ethyl adjacent to an activating group) is 1. The summed E-state index contributed by atoms with van der Waals surface area (Å²) in [7, 11) is 2.03. The van der Waals surface area contributed by atoms with Crippen molar-refractivity contribution in [1.82, 2.24) is 25.1 Å². The molecule has 5 heterocycles. The van der Waals surface area contributed by atoms with Gasteiger partial charge in [-0.25, -0.2) is 14.8 Å². The van der Waals surface area contributed by atoms with Crippen LogP contribution >= 0.6 is 0 Å². The van der Waals surface area contributed by atoms with E-state index in [1.165, 1.54) is 0 Å².